The number of carboxylic acids is 1. The van der Waals surface area contributed by atoms with Crippen LogP contribution < -0.4 is 0 Å². The summed E-state index contributed by atoms with van der Waals surface area (Å²) < 4.78 is 0. The Morgan fingerprint density at radius 2 is 2.38 bits per heavy atom. The van der Waals surface area contributed by atoms with Gasteiger partial charge in [0, 0.05) is 18.7 Å². The maximum Gasteiger partial charge on any atom is 0.356 e. The van der Waals surface area contributed by atoms with Gasteiger partial charge in [0.15, 0.2) is 5.69 Å². The summed E-state index contributed by atoms with van der Waals surface area (Å²) in [5.74, 6) is -0.705. The average Bonchev–Trinajstić information content (AvgIpc) is 2.29. The molecule has 1 aliphatic heterocycles. The molecule has 1 fully saturated rings. The molecule has 0 aliphatic carbocycles. The lowest BCUT2D eigenvalue weighted by Gasteiger charge is -2.29. The van der Waals surface area contributed by atoms with E-state index in [0.29, 0.717) is 5.92 Å². The Balaban J connectivity index is 2.19. The van der Waals surface area contributed by atoms with Crippen LogP contribution in [-0.4, -0.2) is 46.1 Å². The average molecular weight is 221 g/mol. The fraction of sp³-hybridized carbons (Fsp3) is 0.545. The van der Waals surface area contributed by atoms with E-state index in [0.717, 1.165) is 31.6 Å². The molecule has 1 aromatic heterocycles. The smallest absolute Gasteiger partial charge is 0.356 e. The lowest BCUT2D eigenvalue weighted by molar-refractivity contribution is 0.0689. The second-order valence-electron chi connectivity index (χ2n) is 4.24. The van der Waals surface area contributed by atoms with E-state index in [-0.39, 0.29) is 5.69 Å². The van der Waals surface area contributed by atoms with Crippen LogP contribution in [0, 0.1) is 0 Å². The first-order valence-electron chi connectivity index (χ1n) is 5.40. The van der Waals surface area contributed by atoms with Gasteiger partial charge in [0.05, 0.1) is 11.9 Å². The van der Waals surface area contributed by atoms with Crippen molar-refractivity contribution in [1.29, 1.82) is 0 Å². The highest BCUT2D eigenvalue weighted by Crippen LogP contribution is 2.24. The predicted molar refractivity (Wildman–Crippen MR) is 58.5 cm³/mol. The molecule has 5 nitrogen and oxygen atoms in total. The van der Waals surface area contributed by atoms with E-state index >= 15 is 0 Å². The van der Waals surface area contributed by atoms with Crippen LogP contribution in [0.15, 0.2) is 12.4 Å². The van der Waals surface area contributed by atoms with Crippen molar-refractivity contribution < 1.29 is 9.90 Å². The number of likely N-dealkylation sites (N-methyl/N-ethyl adjacent to an activating group) is 1. The molecule has 0 radical (unpaired) electrons. The Morgan fingerprint density at radius 3 is 3.06 bits per heavy atom. The Morgan fingerprint density at radius 1 is 1.56 bits per heavy atom. The Bertz CT molecular complexity index is 395. The molecule has 5 heteroatoms. The van der Waals surface area contributed by atoms with Gasteiger partial charge in [0.2, 0.25) is 0 Å². The molecular weight excluding hydrogens is 206 g/mol. The third kappa shape index (κ3) is 2.36. The monoisotopic (exact) mass is 221 g/mol. The number of nitrogens with zero attached hydrogens (tertiary/aromatic N) is 3. The van der Waals surface area contributed by atoms with Crippen LogP contribution in [0.2, 0.25) is 0 Å². The van der Waals surface area contributed by atoms with Crippen molar-refractivity contribution in [3.05, 3.63) is 23.8 Å². The maximum absolute atomic E-state index is 10.8. The van der Waals surface area contributed by atoms with Gasteiger partial charge < -0.3 is 10.0 Å². The molecule has 1 atom stereocenters. The van der Waals surface area contributed by atoms with Gasteiger partial charge in [0.1, 0.15) is 0 Å². The van der Waals surface area contributed by atoms with Gasteiger partial charge in [-0.1, -0.05) is 0 Å². The molecule has 1 unspecified atom stereocenters. The first-order valence-corrected chi connectivity index (χ1v) is 5.40. The van der Waals surface area contributed by atoms with Gasteiger partial charge in [0.25, 0.3) is 0 Å². The van der Waals surface area contributed by atoms with Crippen LogP contribution in [0.5, 0.6) is 0 Å². The lowest BCUT2D eigenvalue weighted by atomic mass is 9.95. The molecule has 0 bridgehead atoms. The van der Waals surface area contributed by atoms with Gasteiger partial charge in [-0.2, -0.15) is 0 Å². The van der Waals surface area contributed by atoms with E-state index in [1.165, 1.54) is 6.20 Å². The molecular formula is C11H15N3O2. The normalized spacial score (nSPS) is 21.9. The molecule has 1 aliphatic rings. The van der Waals surface area contributed by atoms with E-state index in [1.54, 1.807) is 6.20 Å². The van der Waals surface area contributed by atoms with Gasteiger partial charge in [-0.3, -0.25) is 4.98 Å². The zero-order valence-corrected chi connectivity index (χ0v) is 9.26. The van der Waals surface area contributed by atoms with Crippen LogP contribution in [0.3, 0.4) is 0 Å². The molecule has 0 saturated carbocycles. The van der Waals surface area contributed by atoms with Crippen molar-refractivity contribution in [3.8, 4) is 0 Å². The first-order chi connectivity index (χ1) is 7.66. The van der Waals surface area contributed by atoms with Crippen molar-refractivity contribution in [1.82, 2.24) is 14.9 Å². The summed E-state index contributed by atoms with van der Waals surface area (Å²) >= 11 is 0. The third-order valence-corrected chi connectivity index (χ3v) is 2.92. The van der Waals surface area contributed by atoms with Gasteiger partial charge >= 0.3 is 5.97 Å². The van der Waals surface area contributed by atoms with Crippen LogP contribution in [-0.2, 0) is 0 Å². The number of piperidine rings is 1. The van der Waals surface area contributed by atoms with E-state index in [2.05, 4.69) is 21.9 Å². The van der Waals surface area contributed by atoms with Gasteiger partial charge in [-0.15, -0.1) is 0 Å². The van der Waals surface area contributed by atoms with Crippen molar-refractivity contribution in [2.45, 2.75) is 18.8 Å². The topological polar surface area (TPSA) is 66.3 Å². The molecule has 86 valence electrons. The van der Waals surface area contributed by atoms with Crippen LogP contribution >= 0.6 is 0 Å². The summed E-state index contributed by atoms with van der Waals surface area (Å²) in [5, 5.41) is 8.85. The number of carbonyl (C=O) groups is 1. The molecule has 1 aromatic rings. The second kappa shape index (κ2) is 4.57. The minimum atomic E-state index is -1.02. The summed E-state index contributed by atoms with van der Waals surface area (Å²) in [6.07, 6.45) is 5.15. The second-order valence-corrected chi connectivity index (χ2v) is 4.24. The van der Waals surface area contributed by atoms with Crippen LogP contribution in [0.1, 0.15) is 34.9 Å². The van der Waals surface area contributed by atoms with Crippen molar-refractivity contribution in [2.75, 3.05) is 20.1 Å². The number of aromatic carboxylic acids is 1. The zero-order valence-electron chi connectivity index (χ0n) is 9.26. The Labute approximate surface area is 94.1 Å². The van der Waals surface area contributed by atoms with Crippen molar-refractivity contribution in [2.24, 2.45) is 0 Å². The highest BCUT2D eigenvalue weighted by atomic mass is 16.4. The SMILES string of the molecule is CN1CCCC(c2cncc(C(=O)O)n2)C1. The van der Waals surface area contributed by atoms with E-state index in [1.807, 2.05) is 0 Å². The molecule has 0 spiro atoms. The standard InChI is InChI=1S/C11H15N3O2/c1-14-4-2-3-8(7-14)9-5-12-6-10(13-9)11(15)16/h5-6,8H,2-4,7H2,1H3,(H,15,16). The molecule has 0 amide bonds. The Hall–Kier alpha value is -1.49. The molecule has 0 aromatic carbocycles. The van der Waals surface area contributed by atoms with Gasteiger partial charge in [-0.25, -0.2) is 9.78 Å². The minimum Gasteiger partial charge on any atom is -0.476 e. The fourth-order valence-electron chi connectivity index (χ4n) is 2.09. The van der Waals surface area contributed by atoms with Crippen molar-refractivity contribution >= 4 is 5.97 Å². The summed E-state index contributed by atoms with van der Waals surface area (Å²) in [4.78, 5) is 21.1. The van der Waals surface area contributed by atoms with E-state index < -0.39 is 5.97 Å². The lowest BCUT2D eigenvalue weighted by Crippen LogP contribution is -2.31. The summed E-state index contributed by atoms with van der Waals surface area (Å²) in [6, 6.07) is 0. The van der Waals surface area contributed by atoms with Gasteiger partial charge in [-0.05, 0) is 26.4 Å². The molecule has 16 heavy (non-hydrogen) atoms. The summed E-state index contributed by atoms with van der Waals surface area (Å²) in [7, 11) is 2.07. The van der Waals surface area contributed by atoms with E-state index in [9.17, 15) is 4.79 Å². The number of likely N-dealkylation sites (tertiary alicyclic amines) is 1. The zero-order chi connectivity index (χ0) is 11.5. The fourth-order valence-corrected chi connectivity index (χ4v) is 2.09. The molecule has 2 rings (SSSR count). The maximum atomic E-state index is 10.8. The van der Waals surface area contributed by atoms with Crippen molar-refractivity contribution in [3.63, 3.8) is 0 Å². The molecule has 1 saturated heterocycles. The summed E-state index contributed by atoms with van der Waals surface area (Å²) in [6.45, 7) is 2.03. The highest BCUT2D eigenvalue weighted by Gasteiger charge is 2.21. The number of hydrogen-bond donors (Lipinski definition) is 1. The Kier molecular flexibility index (Phi) is 3.14. The molecule has 1 N–H and O–H groups in total. The molecule has 2 heterocycles. The largest absolute Gasteiger partial charge is 0.476 e. The van der Waals surface area contributed by atoms with Crippen LogP contribution in [0.4, 0.5) is 0 Å². The number of hydrogen-bond acceptors (Lipinski definition) is 4. The number of aromatic nitrogens is 2. The number of carboxylic acid groups (broad SMARTS) is 1. The van der Waals surface area contributed by atoms with E-state index in [4.69, 9.17) is 5.11 Å². The third-order valence-electron chi connectivity index (χ3n) is 2.92. The highest BCUT2D eigenvalue weighted by molar-refractivity contribution is 5.84. The summed E-state index contributed by atoms with van der Waals surface area (Å²) in [5.41, 5.74) is 0.831. The predicted octanol–water partition coefficient (Wildman–Crippen LogP) is 0.984. The van der Waals surface area contributed by atoms with Crippen LogP contribution in [0.25, 0.3) is 0 Å². The quantitative estimate of drug-likeness (QED) is 0.806. The number of rotatable bonds is 2. The minimum absolute atomic E-state index is 0.0331. The first kappa shape index (κ1) is 11.0.